The molecule has 39 heavy (non-hydrogen) atoms. The minimum Gasteiger partial charge on any atom is -0.481 e. The summed E-state index contributed by atoms with van der Waals surface area (Å²) in [4.78, 5) is 25.6. The molecule has 1 amide bonds. The summed E-state index contributed by atoms with van der Waals surface area (Å²) in [6, 6.07) is 8.60. The number of aliphatic hydroxyl groups excluding tert-OH is 2. The van der Waals surface area contributed by atoms with E-state index in [4.69, 9.17) is 5.11 Å². The average molecular weight is 548 g/mol. The van der Waals surface area contributed by atoms with Crippen molar-refractivity contribution in [1.29, 1.82) is 0 Å². The molecule has 0 fully saturated rings. The SMILES string of the molecule is CC(C)c1c(C(=O)N(C)Cc2ccc(F)cc2F)nn(-c2ccc(F)cc2)c1CCC(O)CC(O)CC(=O)O. The third-order valence-electron chi connectivity index (χ3n) is 6.31. The minimum atomic E-state index is -1.22. The summed E-state index contributed by atoms with van der Waals surface area (Å²) in [5.74, 6) is -3.88. The molecule has 2 atom stereocenters. The number of carboxylic acid groups (broad SMARTS) is 1. The second-order valence-electron chi connectivity index (χ2n) is 9.83. The Morgan fingerprint density at radius 3 is 2.23 bits per heavy atom. The first-order valence-electron chi connectivity index (χ1n) is 12.5. The summed E-state index contributed by atoms with van der Waals surface area (Å²) in [7, 11) is 1.47. The molecule has 2 unspecified atom stereocenters. The highest BCUT2D eigenvalue weighted by atomic mass is 19.1. The molecule has 3 rings (SSSR count). The zero-order valence-corrected chi connectivity index (χ0v) is 21.9. The maximum absolute atomic E-state index is 14.2. The number of carbonyl (C=O) groups excluding carboxylic acids is 1. The van der Waals surface area contributed by atoms with Gasteiger partial charge in [-0.1, -0.05) is 19.9 Å². The van der Waals surface area contributed by atoms with Crippen LogP contribution in [0.5, 0.6) is 0 Å². The Bertz CT molecular complexity index is 1310. The Kier molecular flexibility index (Phi) is 9.87. The molecule has 0 spiro atoms. The van der Waals surface area contributed by atoms with Crippen molar-refractivity contribution >= 4 is 11.9 Å². The van der Waals surface area contributed by atoms with Crippen LogP contribution in [0.1, 0.15) is 66.3 Å². The van der Waals surface area contributed by atoms with Gasteiger partial charge in [-0.3, -0.25) is 9.59 Å². The molecule has 8 nitrogen and oxygen atoms in total. The number of halogens is 3. The molecule has 0 aliphatic carbocycles. The van der Waals surface area contributed by atoms with Gasteiger partial charge in [-0.25, -0.2) is 17.9 Å². The van der Waals surface area contributed by atoms with Gasteiger partial charge in [-0.05, 0) is 55.5 Å². The lowest BCUT2D eigenvalue weighted by atomic mass is 9.95. The van der Waals surface area contributed by atoms with Crippen molar-refractivity contribution in [2.24, 2.45) is 0 Å². The Morgan fingerprint density at radius 1 is 1.00 bits per heavy atom. The van der Waals surface area contributed by atoms with Crippen LogP contribution in [0, 0.1) is 17.5 Å². The lowest BCUT2D eigenvalue weighted by molar-refractivity contribution is -0.139. The van der Waals surface area contributed by atoms with Gasteiger partial charge in [0.2, 0.25) is 0 Å². The number of benzene rings is 2. The molecule has 1 aromatic heterocycles. The molecule has 0 bridgehead atoms. The number of carboxylic acids is 1. The molecule has 0 aliphatic heterocycles. The van der Waals surface area contributed by atoms with E-state index in [1.165, 1.54) is 47.0 Å². The van der Waals surface area contributed by atoms with Crippen LogP contribution in [0.4, 0.5) is 13.2 Å². The Balaban J connectivity index is 1.96. The van der Waals surface area contributed by atoms with E-state index in [1.54, 1.807) is 0 Å². The highest BCUT2D eigenvalue weighted by molar-refractivity contribution is 5.94. The number of nitrogens with zero attached hydrogens (tertiary/aromatic N) is 3. The standard InChI is InChI=1S/C28H32F3N3O5/c1-16(2)26-24(11-10-21(35)13-22(36)14-25(37)38)34(20-8-6-18(29)7-9-20)32-27(26)28(39)33(3)15-17-4-5-19(30)12-23(17)31/h4-9,12,16,21-22,35-36H,10-11,13-15H2,1-3H3,(H,37,38). The van der Waals surface area contributed by atoms with E-state index in [1.807, 2.05) is 13.8 Å². The number of aliphatic carboxylic acids is 1. The molecule has 3 aromatic rings. The van der Waals surface area contributed by atoms with Gasteiger partial charge in [0.05, 0.1) is 24.3 Å². The van der Waals surface area contributed by atoms with Crippen LogP contribution in [0.3, 0.4) is 0 Å². The van der Waals surface area contributed by atoms with Crippen LogP contribution in [0.2, 0.25) is 0 Å². The van der Waals surface area contributed by atoms with Crippen LogP contribution in [0.15, 0.2) is 42.5 Å². The molecule has 11 heteroatoms. The van der Waals surface area contributed by atoms with Gasteiger partial charge in [-0.2, -0.15) is 5.10 Å². The fourth-order valence-electron chi connectivity index (χ4n) is 4.44. The summed E-state index contributed by atoms with van der Waals surface area (Å²) in [5.41, 5.74) is 1.84. The average Bonchev–Trinajstić information content (AvgIpc) is 3.23. The summed E-state index contributed by atoms with van der Waals surface area (Å²) in [6.45, 7) is 3.58. The largest absolute Gasteiger partial charge is 0.481 e. The second-order valence-corrected chi connectivity index (χ2v) is 9.83. The molecule has 0 saturated heterocycles. The second kappa shape index (κ2) is 12.9. The molecule has 210 valence electrons. The van der Waals surface area contributed by atoms with Crippen LogP contribution in [-0.4, -0.2) is 61.1 Å². The predicted molar refractivity (Wildman–Crippen MR) is 137 cm³/mol. The van der Waals surface area contributed by atoms with Crippen molar-refractivity contribution in [3.63, 3.8) is 0 Å². The first kappa shape index (κ1) is 29.9. The van der Waals surface area contributed by atoms with Gasteiger partial charge in [0.15, 0.2) is 5.69 Å². The van der Waals surface area contributed by atoms with E-state index in [9.17, 15) is 33.0 Å². The fourth-order valence-corrected chi connectivity index (χ4v) is 4.44. The smallest absolute Gasteiger partial charge is 0.305 e. The van der Waals surface area contributed by atoms with Crippen molar-refractivity contribution in [2.75, 3.05) is 7.05 Å². The summed E-state index contributed by atoms with van der Waals surface area (Å²) in [5, 5.41) is 33.8. The first-order chi connectivity index (χ1) is 18.4. The van der Waals surface area contributed by atoms with E-state index in [-0.39, 0.29) is 43.0 Å². The quantitative estimate of drug-likeness (QED) is 0.313. The van der Waals surface area contributed by atoms with Gasteiger partial charge in [0, 0.05) is 36.5 Å². The first-order valence-corrected chi connectivity index (χ1v) is 12.5. The number of amides is 1. The highest BCUT2D eigenvalue weighted by Gasteiger charge is 2.28. The number of aromatic nitrogens is 2. The number of rotatable bonds is 12. The van der Waals surface area contributed by atoms with Crippen LogP contribution >= 0.6 is 0 Å². The van der Waals surface area contributed by atoms with Crippen molar-refractivity contribution in [1.82, 2.24) is 14.7 Å². The van der Waals surface area contributed by atoms with Gasteiger partial charge in [-0.15, -0.1) is 0 Å². The number of carbonyl (C=O) groups is 2. The van der Waals surface area contributed by atoms with Crippen molar-refractivity contribution < 1.29 is 38.1 Å². The molecule has 0 radical (unpaired) electrons. The van der Waals surface area contributed by atoms with E-state index >= 15 is 0 Å². The zero-order chi connectivity index (χ0) is 28.9. The molecule has 0 saturated carbocycles. The van der Waals surface area contributed by atoms with Crippen LogP contribution in [0.25, 0.3) is 5.69 Å². The minimum absolute atomic E-state index is 0.0924. The highest BCUT2D eigenvalue weighted by Crippen LogP contribution is 2.29. The Hall–Kier alpha value is -3.70. The van der Waals surface area contributed by atoms with Gasteiger partial charge >= 0.3 is 5.97 Å². The van der Waals surface area contributed by atoms with Crippen molar-refractivity contribution in [2.45, 2.75) is 64.2 Å². The van der Waals surface area contributed by atoms with Crippen molar-refractivity contribution in [3.05, 3.63) is 82.4 Å². The normalized spacial score (nSPS) is 12.9. The van der Waals surface area contributed by atoms with E-state index in [2.05, 4.69) is 5.10 Å². The van der Waals surface area contributed by atoms with Gasteiger partial charge in [0.1, 0.15) is 17.5 Å². The lowest BCUT2D eigenvalue weighted by Gasteiger charge is -2.19. The fraction of sp³-hybridized carbons (Fsp3) is 0.393. The summed E-state index contributed by atoms with van der Waals surface area (Å²) >= 11 is 0. The monoisotopic (exact) mass is 547 g/mol. The molecular weight excluding hydrogens is 515 g/mol. The van der Waals surface area contributed by atoms with Crippen molar-refractivity contribution in [3.8, 4) is 5.69 Å². The van der Waals surface area contributed by atoms with E-state index in [0.29, 0.717) is 16.9 Å². The zero-order valence-electron chi connectivity index (χ0n) is 21.9. The van der Waals surface area contributed by atoms with Gasteiger partial charge in [0.25, 0.3) is 5.91 Å². The molecule has 2 aromatic carbocycles. The maximum Gasteiger partial charge on any atom is 0.305 e. The third kappa shape index (κ3) is 7.67. The Morgan fingerprint density at radius 2 is 1.64 bits per heavy atom. The maximum atomic E-state index is 14.2. The summed E-state index contributed by atoms with van der Waals surface area (Å²) in [6.07, 6.45) is -2.55. The number of hydrogen-bond acceptors (Lipinski definition) is 5. The summed E-state index contributed by atoms with van der Waals surface area (Å²) < 4.78 is 42.7. The Labute approximate surface area is 224 Å². The predicted octanol–water partition coefficient (Wildman–Crippen LogP) is 4.20. The van der Waals surface area contributed by atoms with Gasteiger partial charge < -0.3 is 20.2 Å². The lowest BCUT2D eigenvalue weighted by Crippen LogP contribution is -2.28. The topological polar surface area (TPSA) is 116 Å². The molecule has 1 heterocycles. The molecular formula is C28H32F3N3O5. The number of aliphatic hydroxyl groups is 2. The van der Waals surface area contributed by atoms with Crippen LogP contribution in [-0.2, 0) is 17.8 Å². The van der Waals surface area contributed by atoms with Crippen LogP contribution < -0.4 is 0 Å². The van der Waals surface area contributed by atoms with E-state index < -0.39 is 48.0 Å². The number of hydrogen-bond donors (Lipinski definition) is 3. The molecule has 3 N–H and O–H groups in total. The van der Waals surface area contributed by atoms with E-state index in [0.717, 1.165) is 12.1 Å². The molecule has 0 aliphatic rings. The third-order valence-corrected chi connectivity index (χ3v) is 6.31.